The largest absolute Gasteiger partial charge is 0.397 e. The summed E-state index contributed by atoms with van der Waals surface area (Å²) in [6.45, 7) is 4.83. The average Bonchev–Trinajstić information content (AvgIpc) is 3.18. The van der Waals surface area contributed by atoms with Crippen molar-refractivity contribution in [1.29, 1.82) is 0 Å². The summed E-state index contributed by atoms with van der Waals surface area (Å²) in [7, 11) is 0. The van der Waals surface area contributed by atoms with Crippen molar-refractivity contribution in [3.63, 3.8) is 0 Å². The Morgan fingerprint density at radius 1 is 1.10 bits per heavy atom. The van der Waals surface area contributed by atoms with Gasteiger partial charge in [0, 0.05) is 36.4 Å². The second kappa shape index (κ2) is 5.19. The molecule has 1 aromatic carbocycles. The highest BCUT2D eigenvalue weighted by Gasteiger charge is 2.29. The molecule has 0 spiro atoms. The molecule has 1 atom stereocenters. The summed E-state index contributed by atoms with van der Waals surface area (Å²) in [5, 5.41) is 1.18. The third-order valence-corrected chi connectivity index (χ3v) is 4.94. The fourth-order valence-corrected chi connectivity index (χ4v) is 3.83. The molecule has 0 aliphatic carbocycles. The molecule has 4 rings (SSSR count). The lowest BCUT2D eigenvalue weighted by molar-refractivity contribution is 0.260. The van der Waals surface area contributed by atoms with Crippen molar-refractivity contribution >= 4 is 22.3 Å². The molecule has 2 saturated heterocycles. The first-order valence-corrected chi connectivity index (χ1v) is 7.95. The maximum atomic E-state index is 6.06. The standard InChI is InChI=1S/C17H22N4/c18-15-5-3-4-14-16(6-8-19-17(14)15)21-11-7-13(12-21)20-9-1-2-10-20/h3-6,8,13H,1-2,7,9-12,18H2. The minimum atomic E-state index is 0.719. The zero-order valence-corrected chi connectivity index (χ0v) is 12.3. The number of para-hydroxylation sites is 1. The number of hydrogen-bond acceptors (Lipinski definition) is 4. The highest BCUT2D eigenvalue weighted by Crippen LogP contribution is 2.32. The Morgan fingerprint density at radius 2 is 1.95 bits per heavy atom. The van der Waals surface area contributed by atoms with Crippen LogP contribution in [0.3, 0.4) is 0 Å². The maximum absolute atomic E-state index is 6.06. The second-order valence-electron chi connectivity index (χ2n) is 6.21. The van der Waals surface area contributed by atoms with Gasteiger partial charge in [-0.2, -0.15) is 0 Å². The van der Waals surface area contributed by atoms with E-state index in [1.807, 2.05) is 18.3 Å². The zero-order chi connectivity index (χ0) is 14.2. The zero-order valence-electron chi connectivity index (χ0n) is 12.3. The van der Waals surface area contributed by atoms with Crippen molar-refractivity contribution < 1.29 is 0 Å². The lowest BCUT2D eigenvalue weighted by atomic mass is 10.1. The molecule has 4 nitrogen and oxygen atoms in total. The summed E-state index contributed by atoms with van der Waals surface area (Å²) >= 11 is 0. The number of likely N-dealkylation sites (tertiary alicyclic amines) is 1. The van der Waals surface area contributed by atoms with Gasteiger partial charge in [0.15, 0.2) is 0 Å². The number of pyridine rings is 1. The van der Waals surface area contributed by atoms with Crippen LogP contribution >= 0.6 is 0 Å². The predicted molar refractivity (Wildman–Crippen MR) is 87.6 cm³/mol. The van der Waals surface area contributed by atoms with Gasteiger partial charge >= 0.3 is 0 Å². The molecule has 2 fully saturated rings. The van der Waals surface area contributed by atoms with Crippen molar-refractivity contribution in [3.05, 3.63) is 30.5 Å². The molecule has 2 aliphatic heterocycles. The van der Waals surface area contributed by atoms with Crippen LogP contribution in [0.1, 0.15) is 19.3 Å². The smallest absolute Gasteiger partial charge is 0.0951 e. The van der Waals surface area contributed by atoms with E-state index >= 15 is 0 Å². The molecule has 0 bridgehead atoms. The Bertz CT molecular complexity index is 648. The fourth-order valence-electron chi connectivity index (χ4n) is 3.83. The highest BCUT2D eigenvalue weighted by molar-refractivity contribution is 5.98. The third-order valence-electron chi connectivity index (χ3n) is 4.94. The number of anilines is 2. The van der Waals surface area contributed by atoms with E-state index in [0.29, 0.717) is 0 Å². The van der Waals surface area contributed by atoms with E-state index in [1.54, 1.807) is 0 Å². The van der Waals surface area contributed by atoms with Crippen molar-refractivity contribution in [2.75, 3.05) is 36.8 Å². The van der Waals surface area contributed by atoms with Crippen LogP contribution in [-0.2, 0) is 0 Å². The van der Waals surface area contributed by atoms with Crippen LogP contribution < -0.4 is 10.6 Å². The molecule has 110 valence electrons. The maximum Gasteiger partial charge on any atom is 0.0951 e. The van der Waals surface area contributed by atoms with E-state index in [0.717, 1.165) is 30.3 Å². The monoisotopic (exact) mass is 282 g/mol. The van der Waals surface area contributed by atoms with Crippen LogP contribution in [-0.4, -0.2) is 42.1 Å². The fraction of sp³-hybridized carbons (Fsp3) is 0.471. The average molecular weight is 282 g/mol. The Labute approximate surface area is 125 Å². The van der Waals surface area contributed by atoms with Crippen LogP contribution in [0.15, 0.2) is 30.5 Å². The number of aromatic nitrogens is 1. The van der Waals surface area contributed by atoms with E-state index in [1.165, 1.54) is 43.4 Å². The van der Waals surface area contributed by atoms with Crippen molar-refractivity contribution in [2.24, 2.45) is 0 Å². The molecule has 1 aromatic heterocycles. The number of fused-ring (bicyclic) bond motifs is 1. The summed E-state index contributed by atoms with van der Waals surface area (Å²) in [6.07, 6.45) is 5.89. The first-order chi connectivity index (χ1) is 10.3. The summed E-state index contributed by atoms with van der Waals surface area (Å²) in [6, 6.07) is 8.94. The van der Waals surface area contributed by atoms with Gasteiger partial charge in [-0.25, -0.2) is 0 Å². The minimum Gasteiger partial charge on any atom is -0.397 e. The number of nitrogens with two attached hydrogens (primary N) is 1. The number of nitrogens with zero attached hydrogens (tertiary/aromatic N) is 3. The lowest BCUT2D eigenvalue weighted by Gasteiger charge is -2.25. The van der Waals surface area contributed by atoms with Gasteiger partial charge in [0.1, 0.15) is 0 Å². The van der Waals surface area contributed by atoms with Crippen LogP contribution in [0.25, 0.3) is 10.9 Å². The molecule has 2 aromatic rings. The Hall–Kier alpha value is -1.81. The van der Waals surface area contributed by atoms with E-state index in [9.17, 15) is 0 Å². The van der Waals surface area contributed by atoms with E-state index in [2.05, 4.69) is 26.9 Å². The van der Waals surface area contributed by atoms with E-state index in [4.69, 9.17) is 5.73 Å². The SMILES string of the molecule is Nc1cccc2c(N3CCC(N4CCCC4)C3)ccnc12. The van der Waals surface area contributed by atoms with Crippen LogP contribution in [0.5, 0.6) is 0 Å². The summed E-state index contributed by atoms with van der Waals surface area (Å²) in [5.74, 6) is 0. The molecule has 21 heavy (non-hydrogen) atoms. The third kappa shape index (κ3) is 2.23. The Balaban J connectivity index is 1.64. The number of hydrogen-bond donors (Lipinski definition) is 1. The van der Waals surface area contributed by atoms with Gasteiger partial charge in [-0.15, -0.1) is 0 Å². The Morgan fingerprint density at radius 3 is 2.81 bits per heavy atom. The molecule has 2 N–H and O–H groups in total. The molecular weight excluding hydrogens is 260 g/mol. The van der Waals surface area contributed by atoms with Gasteiger partial charge in [-0.3, -0.25) is 9.88 Å². The van der Waals surface area contributed by atoms with Crippen molar-refractivity contribution in [2.45, 2.75) is 25.3 Å². The van der Waals surface area contributed by atoms with Crippen LogP contribution in [0.4, 0.5) is 11.4 Å². The molecule has 1 unspecified atom stereocenters. The minimum absolute atomic E-state index is 0.719. The van der Waals surface area contributed by atoms with E-state index < -0.39 is 0 Å². The van der Waals surface area contributed by atoms with E-state index in [-0.39, 0.29) is 0 Å². The molecule has 0 saturated carbocycles. The summed E-state index contributed by atoms with van der Waals surface area (Å²) in [4.78, 5) is 9.62. The summed E-state index contributed by atoms with van der Waals surface area (Å²) in [5.41, 5.74) is 9.05. The van der Waals surface area contributed by atoms with Crippen molar-refractivity contribution in [1.82, 2.24) is 9.88 Å². The molecular formula is C17H22N4. The highest BCUT2D eigenvalue weighted by atomic mass is 15.3. The first-order valence-electron chi connectivity index (χ1n) is 7.95. The van der Waals surface area contributed by atoms with Crippen LogP contribution in [0, 0.1) is 0 Å². The first kappa shape index (κ1) is 12.9. The second-order valence-corrected chi connectivity index (χ2v) is 6.21. The predicted octanol–water partition coefficient (Wildman–Crippen LogP) is 2.49. The van der Waals surface area contributed by atoms with Crippen LogP contribution in [0.2, 0.25) is 0 Å². The molecule has 2 aliphatic rings. The molecule has 0 radical (unpaired) electrons. The number of nitrogen functional groups attached to an aromatic ring is 1. The normalized spacial score (nSPS) is 23.2. The van der Waals surface area contributed by atoms with Gasteiger partial charge < -0.3 is 10.6 Å². The quantitative estimate of drug-likeness (QED) is 0.860. The summed E-state index contributed by atoms with van der Waals surface area (Å²) < 4.78 is 0. The van der Waals surface area contributed by atoms with Crippen molar-refractivity contribution in [3.8, 4) is 0 Å². The molecule has 4 heteroatoms. The number of benzene rings is 1. The molecule has 3 heterocycles. The van der Waals surface area contributed by atoms with Gasteiger partial charge in [0.2, 0.25) is 0 Å². The van der Waals surface area contributed by atoms with Gasteiger partial charge in [0.25, 0.3) is 0 Å². The number of rotatable bonds is 2. The Kier molecular flexibility index (Phi) is 3.19. The van der Waals surface area contributed by atoms with Gasteiger partial charge in [-0.05, 0) is 44.5 Å². The van der Waals surface area contributed by atoms with Gasteiger partial charge in [0.05, 0.1) is 11.2 Å². The molecule has 0 amide bonds. The topological polar surface area (TPSA) is 45.4 Å². The van der Waals surface area contributed by atoms with Gasteiger partial charge in [-0.1, -0.05) is 12.1 Å². The lowest BCUT2D eigenvalue weighted by Crippen LogP contribution is -2.35.